The van der Waals surface area contributed by atoms with E-state index in [1.807, 2.05) is 24.3 Å². The first-order valence-corrected chi connectivity index (χ1v) is 6.32. The van der Waals surface area contributed by atoms with Crippen molar-refractivity contribution in [2.45, 2.75) is 0 Å². The molecular formula is C14H11BrN2O2. The van der Waals surface area contributed by atoms with Crippen LogP contribution < -0.4 is 5.43 Å². The normalized spacial score (nSPS) is 10.6. The standard InChI is InChI=1S/C14H11BrN2O2/c15-12-6-4-10(5-7-12)9-16-17-14(19)11-2-1-3-13(18)8-11/h1-9,18H,(H,17,19). The summed E-state index contributed by atoms with van der Waals surface area (Å²) in [4.78, 5) is 11.7. The van der Waals surface area contributed by atoms with Gasteiger partial charge in [0.1, 0.15) is 5.75 Å². The Hall–Kier alpha value is -2.14. The van der Waals surface area contributed by atoms with E-state index in [9.17, 15) is 9.90 Å². The Labute approximate surface area is 118 Å². The van der Waals surface area contributed by atoms with Crippen molar-refractivity contribution in [3.8, 4) is 5.75 Å². The highest BCUT2D eigenvalue weighted by molar-refractivity contribution is 9.10. The van der Waals surface area contributed by atoms with Crippen LogP contribution in [0.5, 0.6) is 5.75 Å². The number of halogens is 1. The van der Waals surface area contributed by atoms with Crippen LogP contribution in [0.3, 0.4) is 0 Å². The number of nitrogens with one attached hydrogen (secondary N) is 1. The molecule has 0 saturated heterocycles. The highest BCUT2D eigenvalue weighted by Crippen LogP contribution is 2.11. The minimum atomic E-state index is -0.371. The van der Waals surface area contributed by atoms with E-state index in [1.165, 1.54) is 12.1 Å². The van der Waals surface area contributed by atoms with E-state index in [0.29, 0.717) is 5.56 Å². The average molecular weight is 319 g/mol. The lowest BCUT2D eigenvalue weighted by Gasteiger charge is -2.00. The fourth-order valence-electron chi connectivity index (χ4n) is 1.43. The summed E-state index contributed by atoms with van der Waals surface area (Å²) in [5.41, 5.74) is 3.63. The molecule has 0 bridgehead atoms. The monoisotopic (exact) mass is 318 g/mol. The van der Waals surface area contributed by atoms with Gasteiger partial charge < -0.3 is 5.11 Å². The molecule has 0 aliphatic rings. The van der Waals surface area contributed by atoms with Crippen LogP contribution in [0, 0.1) is 0 Å². The Morgan fingerprint density at radius 1 is 1.21 bits per heavy atom. The summed E-state index contributed by atoms with van der Waals surface area (Å²) < 4.78 is 0.980. The number of amides is 1. The van der Waals surface area contributed by atoms with Crippen molar-refractivity contribution in [3.05, 3.63) is 64.1 Å². The van der Waals surface area contributed by atoms with Crippen LogP contribution in [-0.4, -0.2) is 17.2 Å². The fourth-order valence-corrected chi connectivity index (χ4v) is 1.69. The number of benzene rings is 2. The van der Waals surface area contributed by atoms with Gasteiger partial charge in [-0.15, -0.1) is 0 Å². The molecule has 0 aliphatic heterocycles. The van der Waals surface area contributed by atoms with Gasteiger partial charge in [-0.05, 0) is 35.9 Å². The summed E-state index contributed by atoms with van der Waals surface area (Å²) in [5, 5.41) is 13.1. The summed E-state index contributed by atoms with van der Waals surface area (Å²) in [6, 6.07) is 13.6. The van der Waals surface area contributed by atoms with Gasteiger partial charge in [-0.2, -0.15) is 5.10 Å². The molecule has 0 aromatic heterocycles. The predicted octanol–water partition coefficient (Wildman–Crippen LogP) is 2.92. The third-order valence-corrected chi connectivity index (χ3v) is 2.89. The molecule has 1 amide bonds. The van der Waals surface area contributed by atoms with Crippen LogP contribution >= 0.6 is 15.9 Å². The number of carbonyl (C=O) groups excluding carboxylic acids is 1. The molecule has 96 valence electrons. The fraction of sp³-hybridized carbons (Fsp3) is 0. The Kier molecular flexibility index (Phi) is 4.30. The van der Waals surface area contributed by atoms with Gasteiger partial charge in [0.15, 0.2) is 0 Å². The van der Waals surface area contributed by atoms with Gasteiger partial charge in [0, 0.05) is 10.0 Å². The second-order valence-corrected chi connectivity index (χ2v) is 4.72. The first-order valence-electron chi connectivity index (χ1n) is 5.53. The zero-order valence-electron chi connectivity index (χ0n) is 9.88. The first kappa shape index (κ1) is 13.3. The second kappa shape index (κ2) is 6.15. The number of phenolic OH excluding ortho intramolecular Hbond substituents is 1. The molecule has 2 rings (SSSR count). The van der Waals surface area contributed by atoms with Crippen molar-refractivity contribution in [1.29, 1.82) is 0 Å². The van der Waals surface area contributed by atoms with Crippen LogP contribution in [0.2, 0.25) is 0 Å². The van der Waals surface area contributed by atoms with Gasteiger partial charge in [-0.25, -0.2) is 5.43 Å². The van der Waals surface area contributed by atoms with E-state index in [-0.39, 0.29) is 11.7 Å². The predicted molar refractivity (Wildman–Crippen MR) is 77.3 cm³/mol. The van der Waals surface area contributed by atoms with Crippen LogP contribution in [0.15, 0.2) is 58.1 Å². The summed E-state index contributed by atoms with van der Waals surface area (Å²) >= 11 is 3.34. The maximum Gasteiger partial charge on any atom is 0.271 e. The topological polar surface area (TPSA) is 61.7 Å². The van der Waals surface area contributed by atoms with Crippen molar-refractivity contribution in [2.75, 3.05) is 0 Å². The third-order valence-electron chi connectivity index (χ3n) is 2.36. The Morgan fingerprint density at radius 2 is 1.95 bits per heavy atom. The third kappa shape index (κ3) is 3.93. The van der Waals surface area contributed by atoms with Gasteiger partial charge in [0.05, 0.1) is 6.21 Å². The van der Waals surface area contributed by atoms with Crippen molar-refractivity contribution >= 4 is 28.1 Å². The largest absolute Gasteiger partial charge is 0.508 e. The molecule has 2 aromatic rings. The number of hydrazone groups is 1. The van der Waals surface area contributed by atoms with Crippen molar-refractivity contribution < 1.29 is 9.90 Å². The van der Waals surface area contributed by atoms with Crippen LogP contribution in [0.1, 0.15) is 15.9 Å². The smallest absolute Gasteiger partial charge is 0.271 e. The van der Waals surface area contributed by atoms with Crippen molar-refractivity contribution in [3.63, 3.8) is 0 Å². The van der Waals surface area contributed by atoms with E-state index in [1.54, 1.807) is 18.3 Å². The maximum atomic E-state index is 11.7. The number of nitrogens with zero attached hydrogens (tertiary/aromatic N) is 1. The first-order chi connectivity index (χ1) is 9.15. The molecule has 0 spiro atoms. The molecule has 0 saturated carbocycles. The summed E-state index contributed by atoms with van der Waals surface area (Å²) in [6.07, 6.45) is 1.55. The van der Waals surface area contributed by atoms with Gasteiger partial charge in [-0.1, -0.05) is 34.1 Å². The summed E-state index contributed by atoms with van der Waals surface area (Å²) in [5.74, 6) is -0.325. The molecule has 0 unspecified atom stereocenters. The van der Waals surface area contributed by atoms with Crippen LogP contribution in [0.25, 0.3) is 0 Å². The highest BCUT2D eigenvalue weighted by Gasteiger charge is 2.03. The van der Waals surface area contributed by atoms with E-state index in [2.05, 4.69) is 26.5 Å². The van der Waals surface area contributed by atoms with E-state index < -0.39 is 0 Å². The maximum absolute atomic E-state index is 11.7. The highest BCUT2D eigenvalue weighted by atomic mass is 79.9. The lowest BCUT2D eigenvalue weighted by atomic mass is 10.2. The second-order valence-electron chi connectivity index (χ2n) is 3.80. The lowest BCUT2D eigenvalue weighted by Crippen LogP contribution is -2.17. The quantitative estimate of drug-likeness (QED) is 0.675. The number of hydrogen-bond donors (Lipinski definition) is 2. The molecule has 0 heterocycles. The van der Waals surface area contributed by atoms with Crippen molar-refractivity contribution in [2.24, 2.45) is 5.10 Å². The number of aromatic hydroxyl groups is 1. The molecule has 0 aliphatic carbocycles. The average Bonchev–Trinajstić information content (AvgIpc) is 2.41. The zero-order chi connectivity index (χ0) is 13.7. The Morgan fingerprint density at radius 3 is 2.63 bits per heavy atom. The van der Waals surface area contributed by atoms with Crippen molar-refractivity contribution in [1.82, 2.24) is 5.43 Å². The molecule has 0 fully saturated rings. The van der Waals surface area contributed by atoms with Gasteiger partial charge in [-0.3, -0.25) is 4.79 Å². The minimum absolute atomic E-state index is 0.0459. The van der Waals surface area contributed by atoms with E-state index in [4.69, 9.17) is 0 Å². The van der Waals surface area contributed by atoms with Crippen LogP contribution in [-0.2, 0) is 0 Å². The molecular weight excluding hydrogens is 308 g/mol. The Balaban J connectivity index is 1.98. The molecule has 19 heavy (non-hydrogen) atoms. The molecule has 5 heteroatoms. The summed E-state index contributed by atoms with van der Waals surface area (Å²) in [6.45, 7) is 0. The molecule has 2 aromatic carbocycles. The SMILES string of the molecule is O=C(NN=Cc1ccc(Br)cc1)c1cccc(O)c1. The van der Waals surface area contributed by atoms with E-state index >= 15 is 0 Å². The lowest BCUT2D eigenvalue weighted by molar-refractivity contribution is 0.0954. The number of carbonyl (C=O) groups is 1. The summed E-state index contributed by atoms with van der Waals surface area (Å²) in [7, 11) is 0. The number of rotatable bonds is 3. The molecule has 0 atom stereocenters. The zero-order valence-corrected chi connectivity index (χ0v) is 11.5. The van der Waals surface area contributed by atoms with Gasteiger partial charge in [0.2, 0.25) is 0 Å². The Bertz CT molecular complexity index is 609. The van der Waals surface area contributed by atoms with E-state index in [0.717, 1.165) is 10.0 Å². The molecule has 4 nitrogen and oxygen atoms in total. The van der Waals surface area contributed by atoms with Crippen LogP contribution in [0.4, 0.5) is 0 Å². The minimum Gasteiger partial charge on any atom is -0.508 e. The molecule has 2 N–H and O–H groups in total. The number of hydrogen-bond acceptors (Lipinski definition) is 3. The molecule has 0 radical (unpaired) electrons. The van der Waals surface area contributed by atoms with Gasteiger partial charge in [0.25, 0.3) is 5.91 Å². The van der Waals surface area contributed by atoms with Gasteiger partial charge >= 0.3 is 0 Å². The number of phenols is 1.